The standard InChI is InChI=1S/C29H40N4O2/c1-19-15-20(2)17-24(16-19)23-12-13-31-25(18-23)26-11-8-14-33(26)29(35)27(22-9-6-5-7-10-22)32-28(34)21(3)30-4/h12-13,15-18,21-22,26-27,30H,5-11,14H2,1-4H3,(H,32,34). The SMILES string of the molecule is CNC(C)C(=O)NC(C(=O)N1CCCC1c1cc(-c2cc(C)cc(C)c2)ccn1)C1CCCCC1. The highest BCUT2D eigenvalue weighted by molar-refractivity contribution is 5.90. The summed E-state index contributed by atoms with van der Waals surface area (Å²) in [5.41, 5.74) is 5.71. The van der Waals surface area contributed by atoms with Crippen molar-refractivity contribution in [3.05, 3.63) is 53.3 Å². The van der Waals surface area contributed by atoms with Gasteiger partial charge in [0, 0.05) is 12.7 Å². The quantitative estimate of drug-likeness (QED) is 0.607. The smallest absolute Gasteiger partial charge is 0.246 e. The molecule has 1 aliphatic heterocycles. The summed E-state index contributed by atoms with van der Waals surface area (Å²) in [5, 5.41) is 6.12. The summed E-state index contributed by atoms with van der Waals surface area (Å²) in [6, 6.07) is 9.89. The van der Waals surface area contributed by atoms with Gasteiger partial charge < -0.3 is 15.5 Å². The van der Waals surface area contributed by atoms with Crippen LogP contribution in [0.5, 0.6) is 0 Å². The zero-order valence-electron chi connectivity index (χ0n) is 21.6. The van der Waals surface area contributed by atoms with Crippen molar-refractivity contribution in [2.75, 3.05) is 13.6 Å². The van der Waals surface area contributed by atoms with Gasteiger partial charge in [0.15, 0.2) is 0 Å². The molecule has 0 spiro atoms. The molecule has 2 amide bonds. The first-order chi connectivity index (χ1) is 16.9. The van der Waals surface area contributed by atoms with E-state index in [0.717, 1.165) is 49.8 Å². The Morgan fingerprint density at radius 1 is 0.971 bits per heavy atom. The third-order valence-electron chi connectivity index (χ3n) is 7.72. The number of nitrogens with one attached hydrogen (secondary N) is 2. The molecule has 1 aromatic carbocycles. The molecule has 6 heteroatoms. The lowest BCUT2D eigenvalue weighted by Gasteiger charge is -2.35. The molecule has 35 heavy (non-hydrogen) atoms. The number of nitrogens with zero attached hydrogens (tertiary/aromatic N) is 2. The van der Waals surface area contributed by atoms with Crippen molar-refractivity contribution < 1.29 is 9.59 Å². The fourth-order valence-corrected chi connectivity index (χ4v) is 5.73. The Hall–Kier alpha value is -2.73. The van der Waals surface area contributed by atoms with E-state index in [-0.39, 0.29) is 29.8 Å². The number of amides is 2. The van der Waals surface area contributed by atoms with Crippen LogP contribution in [0.15, 0.2) is 36.5 Å². The van der Waals surface area contributed by atoms with Crippen LogP contribution in [0, 0.1) is 19.8 Å². The first-order valence-electron chi connectivity index (χ1n) is 13.2. The van der Waals surface area contributed by atoms with Gasteiger partial charge in [-0.15, -0.1) is 0 Å². The highest BCUT2D eigenvalue weighted by atomic mass is 16.2. The fourth-order valence-electron chi connectivity index (χ4n) is 5.73. The minimum Gasteiger partial charge on any atom is -0.343 e. The van der Waals surface area contributed by atoms with E-state index in [0.29, 0.717) is 6.54 Å². The Morgan fingerprint density at radius 3 is 2.37 bits per heavy atom. The molecule has 3 atom stereocenters. The van der Waals surface area contributed by atoms with Crippen LogP contribution < -0.4 is 10.6 Å². The molecule has 188 valence electrons. The van der Waals surface area contributed by atoms with Gasteiger partial charge >= 0.3 is 0 Å². The van der Waals surface area contributed by atoms with Crippen LogP contribution in [0.4, 0.5) is 0 Å². The van der Waals surface area contributed by atoms with Gasteiger partial charge in [-0.1, -0.05) is 48.6 Å². The van der Waals surface area contributed by atoms with Gasteiger partial charge in [-0.25, -0.2) is 0 Å². The number of aromatic nitrogens is 1. The maximum Gasteiger partial charge on any atom is 0.246 e. The highest BCUT2D eigenvalue weighted by Crippen LogP contribution is 2.35. The molecular weight excluding hydrogens is 436 g/mol. The zero-order valence-corrected chi connectivity index (χ0v) is 21.6. The Kier molecular flexibility index (Phi) is 8.22. The Balaban J connectivity index is 1.59. The molecule has 2 aliphatic rings. The molecule has 1 aliphatic carbocycles. The van der Waals surface area contributed by atoms with E-state index in [1.807, 2.05) is 24.1 Å². The lowest BCUT2D eigenvalue weighted by atomic mass is 9.83. The normalized spacial score (nSPS) is 20.5. The third-order valence-corrected chi connectivity index (χ3v) is 7.72. The minimum atomic E-state index is -0.471. The number of rotatable bonds is 7. The van der Waals surface area contributed by atoms with E-state index in [9.17, 15) is 9.59 Å². The molecule has 2 N–H and O–H groups in total. The second-order valence-corrected chi connectivity index (χ2v) is 10.4. The van der Waals surface area contributed by atoms with Crippen molar-refractivity contribution in [3.8, 4) is 11.1 Å². The molecule has 0 bridgehead atoms. The van der Waals surface area contributed by atoms with Crippen molar-refractivity contribution in [3.63, 3.8) is 0 Å². The van der Waals surface area contributed by atoms with Crippen LogP contribution in [0.2, 0.25) is 0 Å². The first-order valence-corrected chi connectivity index (χ1v) is 13.2. The van der Waals surface area contributed by atoms with E-state index in [2.05, 4.69) is 48.7 Å². The molecule has 1 aromatic heterocycles. The van der Waals surface area contributed by atoms with Crippen molar-refractivity contribution in [1.29, 1.82) is 0 Å². The van der Waals surface area contributed by atoms with Gasteiger partial charge in [0.1, 0.15) is 6.04 Å². The number of hydrogen-bond acceptors (Lipinski definition) is 4. The van der Waals surface area contributed by atoms with Gasteiger partial charge in [0.2, 0.25) is 11.8 Å². The number of carbonyl (C=O) groups excluding carboxylic acids is 2. The summed E-state index contributed by atoms with van der Waals surface area (Å²) in [5.74, 6) is 0.136. The number of likely N-dealkylation sites (tertiary alicyclic amines) is 1. The van der Waals surface area contributed by atoms with E-state index in [4.69, 9.17) is 4.98 Å². The van der Waals surface area contributed by atoms with Gasteiger partial charge in [0.25, 0.3) is 0 Å². The van der Waals surface area contributed by atoms with Gasteiger partial charge in [-0.05, 0) is 82.7 Å². The number of hydrogen-bond donors (Lipinski definition) is 2. The highest BCUT2D eigenvalue weighted by Gasteiger charge is 2.39. The number of aryl methyl sites for hydroxylation is 2. The molecule has 4 rings (SSSR count). The largest absolute Gasteiger partial charge is 0.343 e. The lowest BCUT2D eigenvalue weighted by molar-refractivity contribution is -0.139. The van der Waals surface area contributed by atoms with Crippen molar-refractivity contribution >= 4 is 11.8 Å². The molecule has 6 nitrogen and oxygen atoms in total. The zero-order chi connectivity index (χ0) is 24.9. The molecular formula is C29H40N4O2. The average molecular weight is 477 g/mol. The molecule has 1 saturated carbocycles. The predicted octanol–water partition coefficient (Wildman–Crippen LogP) is 4.70. The summed E-state index contributed by atoms with van der Waals surface area (Å²) in [4.78, 5) is 33.5. The van der Waals surface area contributed by atoms with Crippen LogP contribution in [0.1, 0.15) is 74.7 Å². The van der Waals surface area contributed by atoms with Crippen LogP contribution in [-0.4, -0.2) is 47.4 Å². The van der Waals surface area contributed by atoms with Crippen LogP contribution >= 0.6 is 0 Å². The lowest BCUT2D eigenvalue weighted by Crippen LogP contribution is -2.55. The van der Waals surface area contributed by atoms with Crippen molar-refractivity contribution in [2.24, 2.45) is 5.92 Å². The maximum absolute atomic E-state index is 14.0. The molecule has 1 saturated heterocycles. The first kappa shape index (κ1) is 25.4. The average Bonchev–Trinajstić information content (AvgIpc) is 3.36. The Labute approximate surface area is 209 Å². The van der Waals surface area contributed by atoms with Gasteiger partial charge in [-0.3, -0.25) is 14.6 Å². The summed E-state index contributed by atoms with van der Waals surface area (Å²) in [6.07, 6.45) is 9.13. The number of pyridine rings is 1. The molecule has 2 heterocycles. The number of likely N-dealkylation sites (N-methyl/N-ethyl adjacent to an activating group) is 1. The van der Waals surface area contributed by atoms with Gasteiger partial charge in [-0.2, -0.15) is 0 Å². The second-order valence-electron chi connectivity index (χ2n) is 10.4. The molecule has 2 aromatic rings. The maximum atomic E-state index is 14.0. The topological polar surface area (TPSA) is 74.3 Å². The second kappa shape index (κ2) is 11.3. The van der Waals surface area contributed by atoms with Crippen molar-refractivity contribution in [1.82, 2.24) is 20.5 Å². The van der Waals surface area contributed by atoms with Gasteiger partial charge in [0.05, 0.1) is 17.8 Å². The van der Waals surface area contributed by atoms with Crippen LogP contribution in [0.25, 0.3) is 11.1 Å². The van der Waals surface area contributed by atoms with E-state index in [1.165, 1.54) is 23.1 Å². The predicted molar refractivity (Wildman–Crippen MR) is 140 cm³/mol. The van der Waals surface area contributed by atoms with E-state index >= 15 is 0 Å². The van der Waals surface area contributed by atoms with Crippen LogP contribution in [-0.2, 0) is 9.59 Å². The number of carbonyl (C=O) groups is 2. The molecule has 0 radical (unpaired) electrons. The Bertz CT molecular complexity index is 1030. The van der Waals surface area contributed by atoms with Crippen LogP contribution in [0.3, 0.4) is 0 Å². The number of benzene rings is 1. The summed E-state index contributed by atoms with van der Waals surface area (Å²) in [7, 11) is 1.77. The van der Waals surface area contributed by atoms with Crippen molar-refractivity contribution in [2.45, 2.75) is 83.8 Å². The van der Waals surface area contributed by atoms with E-state index < -0.39 is 6.04 Å². The molecule has 2 fully saturated rings. The van der Waals surface area contributed by atoms with E-state index in [1.54, 1.807) is 7.05 Å². The monoisotopic (exact) mass is 476 g/mol. The Morgan fingerprint density at radius 2 is 1.69 bits per heavy atom. The fraction of sp³-hybridized carbons (Fsp3) is 0.552. The summed E-state index contributed by atoms with van der Waals surface area (Å²) in [6.45, 7) is 6.77. The summed E-state index contributed by atoms with van der Waals surface area (Å²) < 4.78 is 0. The molecule has 3 unspecified atom stereocenters. The summed E-state index contributed by atoms with van der Waals surface area (Å²) >= 11 is 0. The minimum absolute atomic E-state index is 0.0506. The third kappa shape index (κ3) is 5.92.